The van der Waals surface area contributed by atoms with Crippen LogP contribution in [0.3, 0.4) is 0 Å². The predicted molar refractivity (Wildman–Crippen MR) is 204 cm³/mol. The summed E-state index contributed by atoms with van der Waals surface area (Å²) in [6.45, 7) is 4.18. The van der Waals surface area contributed by atoms with E-state index >= 15 is 0 Å². The number of thiazole rings is 1. The highest BCUT2D eigenvalue weighted by atomic mass is 32.1. The molecule has 4 N–H and O–H groups in total. The highest BCUT2D eigenvalue weighted by Gasteiger charge is 2.31. The maximum absolute atomic E-state index is 13.9. The number of hydrogen-bond donors (Lipinski definition) is 4. The minimum absolute atomic E-state index is 0.0696. The van der Waals surface area contributed by atoms with Crippen LogP contribution in [-0.2, 0) is 35.5 Å². The molecular formula is C39H50N6O5S2. The van der Waals surface area contributed by atoms with E-state index in [4.69, 9.17) is 9.72 Å². The number of hydrogen-bond acceptors (Lipinski definition) is 9. The maximum Gasteiger partial charge on any atom is 0.407 e. The third-order valence-corrected chi connectivity index (χ3v) is 11.1. The van der Waals surface area contributed by atoms with Gasteiger partial charge in [-0.1, -0.05) is 87.4 Å². The van der Waals surface area contributed by atoms with Crippen LogP contribution in [0.5, 0.6) is 0 Å². The fourth-order valence-corrected chi connectivity index (χ4v) is 7.96. The molecule has 0 unspecified atom stereocenters. The van der Waals surface area contributed by atoms with Crippen molar-refractivity contribution in [3.05, 3.63) is 105 Å². The average molecular weight is 747 g/mol. The Morgan fingerprint density at radius 3 is 2.25 bits per heavy atom. The van der Waals surface area contributed by atoms with Crippen LogP contribution in [0.25, 0.3) is 0 Å². The summed E-state index contributed by atoms with van der Waals surface area (Å²) in [6, 6.07) is 18.7. The minimum atomic E-state index is -1.05. The van der Waals surface area contributed by atoms with Gasteiger partial charge in [0, 0.05) is 30.6 Å². The SMILES string of the molecule is CC(C)[C@H](NC(=O)N(C)Cc1csc(C2CCCC2)n1)C(=O)N[C@@H](Cc1ccccc1)C[C@H](O)[C@H](Cc1ccccc1)NC(=O)OCc1ccns1. The molecule has 1 aliphatic rings. The number of benzene rings is 2. The molecule has 0 spiro atoms. The first-order valence-corrected chi connectivity index (χ1v) is 19.6. The zero-order chi connectivity index (χ0) is 36.9. The molecule has 0 radical (unpaired) electrons. The lowest BCUT2D eigenvalue weighted by Gasteiger charge is -2.30. The molecule has 0 saturated heterocycles. The van der Waals surface area contributed by atoms with Crippen molar-refractivity contribution in [2.45, 2.75) is 102 Å². The molecule has 0 aliphatic heterocycles. The molecular weight excluding hydrogens is 697 g/mol. The Balaban J connectivity index is 1.25. The monoisotopic (exact) mass is 746 g/mol. The average Bonchev–Trinajstić information content (AvgIpc) is 3.94. The Hall–Kier alpha value is -4.33. The Morgan fingerprint density at radius 1 is 0.942 bits per heavy atom. The zero-order valence-corrected chi connectivity index (χ0v) is 31.7. The van der Waals surface area contributed by atoms with Gasteiger partial charge in [-0.05, 0) is 66.7 Å². The standard InChI is InChI=1S/C39H50N6O5S2/c1-26(2)35(44-38(48)45(3)23-31-25-51-37(42-31)29-16-10-11-17-29)36(47)41-30(20-27-12-6-4-7-13-27)22-34(46)33(21-28-14-8-5-9-15-28)43-39(49)50-24-32-18-19-40-52-32/h4-9,12-15,18-19,25-26,29-30,33-35,46H,10-11,16-17,20-24H2,1-3H3,(H,41,47)(H,43,49)(H,44,48)/t30-,33-,34-,35-/m0/s1. The van der Waals surface area contributed by atoms with E-state index in [0.29, 0.717) is 25.3 Å². The fourth-order valence-electron chi connectivity index (χ4n) is 6.48. The summed E-state index contributed by atoms with van der Waals surface area (Å²) in [6.07, 6.45) is 5.67. The first-order valence-electron chi connectivity index (χ1n) is 18.0. The van der Waals surface area contributed by atoms with E-state index in [0.717, 1.165) is 26.7 Å². The summed E-state index contributed by atoms with van der Waals surface area (Å²) in [5, 5.41) is 23.8. The van der Waals surface area contributed by atoms with E-state index in [1.165, 1.54) is 37.2 Å². The second-order valence-corrected chi connectivity index (χ2v) is 15.7. The number of aromatic nitrogens is 2. The largest absolute Gasteiger partial charge is 0.444 e. The number of nitrogens with zero attached hydrogens (tertiary/aromatic N) is 3. The van der Waals surface area contributed by atoms with Crippen LogP contribution in [0.2, 0.25) is 0 Å². The van der Waals surface area contributed by atoms with E-state index in [1.54, 1.807) is 35.5 Å². The van der Waals surface area contributed by atoms with Crippen molar-refractivity contribution < 1.29 is 24.2 Å². The lowest BCUT2D eigenvalue weighted by Crippen LogP contribution is -2.55. The lowest BCUT2D eigenvalue weighted by atomic mass is 9.93. The van der Waals surface area contributed by atoms with Gasteiger partial charge in [0.05, 0.1) is 34.3 Å². The number of aliphatic hydroxyl groups is 1. The molecule has 1 aliphatic carbocycles. The number of aliphatic hydroxyl groups excluding tert-OH is 1. The summed E-state index contributed by atoms with van der Waals surface area (Å²) < 4.78 is 9.48. The summed E-state index contributed by atoms with van der Waals surface area (Å²) in [5.41, 5.74) is 2.75. The van der Waals surface area contributed by atoms with Crippen LogP contribution in [-0.4, -0.2) is 68.7 Å². The van der Waals surface area contributed by atoms with Gasteiger partial charge in [-0.3, -0.25) is 4.79 Å². The zero-order valence-electron chi connectivity index (χ0n) is 30.1. The molecule has 11 nitrogen and oxygen atoms in total. The number of ether oxygens (including phenoxy) is 1. The van der Waals surface area contributed by atoms with Crippen LogP contribution in [0.1, 0.15) is 78.6 Å². The van der Waals surface area contributed by atoms with Crippen LogP contribution < -0.4 is 16.0 Å². The third-order valence-electron chi connectivity index (χ3n) is 9.35. The van der Waals surface area contributed by atoms with E-state index in [9.17, 15) is 19.5 Å². The molecule has 4 atom stereocenters. The molecule has 2 aromatic carbocycles. The highest BCUT2D eigenvalue weighted by molar-refractivity contribution is 7.09. The van der Waals surface area contributed by atoms with Gasteiger partial charge in [0.2, 0.25) is 5.91 Å². The second kappa shape index (κ2) is 19.5. The smallest absolute Gasteiger partial charge is 0.407 e. The van der Waals surface area contributed by atoms with Crippen molar-refractivity contribution in [2.75, 3.05) is 7.05 Å². The first kappa shape index (κ1) is 38.9. The summed E-state index contributed by atoms with van der Waals surface area (Å²) >= 11 is 2.90. The van der Waals surface area contributed by atoms with E-state index < -0.39 is 30.3 Å². The number of carbonyl (C=O) groups is 3. The molecule has 2 heterocycles. The van der Waals surface area contributed by atoms with Crippen molar-refractivity contribution in [2.24, 2.45) is 5.92 Å². The number of nitrogens with one attached hydrogen (secondary N) is 3. The van der Waals surface area contributed by atoms with Gasteiger partial charge in [0.1, 0.15) is 12.6 Å². The molecule has 2 aromatic heterocycles. The third kappa shape index (κ3) is 11.9. The molecule has 1 fully saturated rings. The number of amides is 4. The number of urea groups is 1. The van der Waals surface area contributed by atoms with Crippen LogP contribution >= 0.6 is 22.9 Å². The first-order chi connectivity index (χ1) is 25.1. The van der Waals surface area contributed by atoms with Crippen molar-refractivity contribution >= 4 is 40.9 Å². The maximum atomic E-state index is 13.9. The molecule has 278 valence electrons. The van der Waals surface area contributed by atoms with Crippen molar-refractivity contribution in [3.63, 3.8) is 0 Å². The van der Waals surface area contributed by atoms with Gasteiger partial charge < -0.3 is 30.7 Å². The molecule has 5 rings (SSSR count). The summed E-state index contributed by atoms with van der Waals surface area (Å²) in [4.78, 5) is 47.4. The quantitative estimate of drug-likeness (QED) is 0.0974. The lowest BCUT2D eigenvalue weighted by molar-refractivity contribution is -0.124. The molecule has 4 amide bonds. The van der Waals surface area contributed by atoms with Gasteiger partial charge >= 0.3 is 12.1 Å². The Bertz CT molecular complexity index is 1680. The topological polar surface area (TPSA) is 146 Å². The van der Waals surface area contributed by atoms with E-state index in [-0.39, 0.29) is 30.9 Å². The van der Waals surface area contributed by atoms with E-state index in [2.05, 4.69) is 20.3 Å². The number of alkyl carbamates (subject to hydrolysis) is 1. The predicted octanol–water partition coefficient (Wildman–Crippen LogP) is 6.44. The van der Waals surface area contributed by atoms with Gasteiger partial charge in [-0.2, -0.15) is 0 Å². The number of carbonyl (C=O) groups excluding carboxylic acids is 3. The Labute approximate surface area is 314 Å². The Morgan fingerprint density at radius 2 is 1.62 bits per heavy atom. The molecule has 4 aromatic rings. The molecule has 52 heavy (non-hydrogen) atoms. The number of rotatable bonds is 17. The van der Waals surface area contributed by atoms with Gasteiger partial charge in [-0.15, -0.1) is 11.3 Å². The van der Waals surface area contributed by atoms with E-state index in [1.807, 2.05) is 79.9 Å². The summed E-state index contributed by atoms with van der Waals surface area (Å²) in [7, 11) is 1.70. The second-order valence-electron chi connectivity index (χ2n) is 13.9. The highest BCUT2D eigenvalue weighted by Crippen LogP contribution is 2.35. The van der Waals surface area contributed by atoms with Gasteiger partial charge in [0.25, 0.3) is 0 Å². The van der Waals surface area contributed by atoms with Crippen LogP contribution in [0, 0.1) is 5.92 Å². The van der Waals surface area contributed by atoms with Gasteiger partial charge in [0.15, 0.2) is 0 Å². The summed E-state index contributed by atoms with van der Waals surface area (Å²) in [5.74, 6) is -0.0473. The van der Waals surface area contributed by atoms with Crippen LogP contribution in [0.15, 0.2) is 78.3 Å². The van der Waals surface area contributed by atoms with Crippen molar-refractivity contribution in [1.29, 1.82) is 0 Å². The normalized spacial score (nSPS) is 15.4. The van der Waals surface area contributed by atoms with Gasteiger partial charge in [-0.25, -0.2) is 18.9 Å². The van der Waals surface area contributed by atoms with Crippen molar-refractivity contribution in [3.8, 4) is 0 Å². The Kier molecular flexibility index (Phi) is 14.6. The molecule has 13 heteroatoms. The van der Waals surface area contributed by atoms with Crippen molar-refractivity contribution in [1.82, 2.24) is 30.2 Å². The fraction of sp³-hybridized carbons (Fsp3) is 0.462. The van der Waals surface area contributed by atoms with Crippen LogP contribution in [0.4, 0.5) is 9.59 Å². The molecule has 0 bridgehead atoms. The molecule has 1 saturated carbocycles. The minimum Gasteiger partial charge on any atom is -0.444 e.